The third kappa shape index (κ3) is 4.22. The Bertz CT molecular complexity index is 1140. The van der Waals surface area contributed by atoms with Gasteiger partial charge >= 0.3 is 5.97 Å². The van der Waals surface area contributed by atoms with Crippen molar-refractivity contribution < 1.29 is 23.4 Å². The van der Waals surface area contributed by atoms with Gasteiger partial charge in [-0.3, -0.25) is 0 Å². The number of nitrogens with zero attached hydrogens (tertiary/aromatic N) is 1. The van der Waals surface area contributed by atoms with Crippen LogP contribution in [0.15, 0.2) is 83.5 Å². The fraction of sp³-hybridized carbons (Fsp3) is 0.0833. The van der Waals surface area contributed by atoms with Crippen LogP contribution >= 0.6 is 0 Å². The maximum atomic E-state index is 13.9. The van der Waals surface area contributed by atoms with Gasteiger partial charge in [-0.05, 0) is 41.5 Å². The molecule has 150 valence electrons. The minimum absolute atomic E-state index is 0.0564. The molecule has 0 radical (unpaired) electrons. The van der Waals surface area contributed by atoms with Gasteiger partial charge < -0.3 is 14.2 Å². The van der Waals surface area contributed by atoms with E-state index >= 15 is 0 Å². The van der Waals surface area contributed by atoms with E-state index in [9.17, 15) is 9.18 Å². The Morgan fingerprint density at radius 3 is 2.53 bits per heavy atom. The molecule has 1 heterocycles. The molecule has 0 bridgehead atoms. The first kappa shape index (κ1) is 19.4. The van der Waals surface area contributed by atoms with Gasteiger partial charge in [0, 0.05) is 0 Å². The van der Waals surface area contributed by atoms with Gasteiger partial charge in [-0.1, -0.05) is 48.5 Å². The number of ether oxygens (including phenoxy) is 3. The fourth-order valence-corrected chi connectivity index (χ4v) is 2.95. The summed E-state index contributed by atoms with van der Waals surface area (Å²) in [6.07, 6.45) is 1.56. The summed E-state index contributed by atoms with van der Waals surface area (Å²) >= 11 is 0. The molecular weight excluding hydrogens is 385 g/mol. The molecule has 0 aromatic heterocycles. The first-order chi connectivity index (χ1) is 14.6. The minimum atomic E-state index is -0.642. The van der Waals surface area contributed by atoms with Crippen LogP contribution in [-0.4, -0.2) is 19.0 Å². The third-order valence-corrected chi connectivity index (χ3v) is 4.45. The van der Waals surface area contributed by atoms with Gasteiger partial charge in [0.25, 0.3) is 0 Å². The molecule has 0 saturated carbocycles. The number of hydrogen-bond donors (Lipinski definition) is 0. The van der Waals surface area contributed by atoms with Crippen molar-refractivity contribution in [3.63, 3.8) is 0 Å². The lowest BCUT2D eigenvalue weighted by atomic mass is 10.1. The van der Waals surface area contributed by atoms with E-state index in [0.717, 1.165) is 5.56 Å². The molecule has 3 aromatic rings. The number of halogens is 1. The van der Waals surface area contributed by atoms with Crippen LogP contribution in [0.4, 0.5) is 4.39 Å². The molecule has 0 atom stereocenters. The van der Waals surface area contributed by atoms with E-state index < -0.39 is 11.8 Å². The molecule has 0 amide bonds. The molecule has 0 unspecified atom stereocenters. The number of rotatable bonds is 6. The van der Waals surface area contributed by atoms with Crippen LogP contribution in [0.2, 0.25) is 0 Å². The smallest absolute Gasteiger partial charge is 0.363 e. The summed E-state index contributed by atoms with van der Waals surface area (Å²) in [6, 6.07) is 21.1. The fourth-order valence-electron chi connectivity index (χ4n) is 2.95. The van der Waals surface area contributed by atoms with Crippen molar-refractivity contribution in [3.8, 4) is 11.5 Å². The first-order valence-electron chi connectivity index (χ1n) is 9.26. The predicted molar refractivity (Wildman–Crippen MR) is 111 cm³/mol. The van der Waals surface area contributed by atoms with Crippen molar-refractivity contribution in [1.82, 2.24) is 0 Å². The molecule has 0 aliphatic carbocycles. The zero-order valence-corrected chi connectivity index (χ0v) is 16.2. The normalized spacial score (nSPS) is 14.4. The van der Waals surface area contributed by atoms with Crippen molar-refractivity contribution in [3.05, 3.63) is 101 Å². The molecule has 6 heteroatoms. The molecular formula is C24H18FNO4. The zero-order chi connectivity index (χ0) is 20.9. The van der Waals surface area contributed by atoms with Crippen molar-refractivity contribution in [2.75, 3.05) is 7.11 Å². The highest BCUT2D eigenvalue weighted by Gasteiger charge is 2.26. The number of carbonyl (C=O) groups is 1. The van der Waals surface area contributed by atoms with Gasteiger partial charge in [0.15, 0.2) is 17.2 Å². The Hall–Kier alpha value is -3.93. The monoisotopic (exact) mass is 403 g/mol. The zero-order valence-electron chi connectivity index (χ0n) is 16.2. The summed E-state index contributed by atoms with van der Waals surface area (Å²) in [7, 11) is 1.54. The van der Waals surface area contributed by atoms with Crippen molar-refractivity contribution in [2.24, 2.45) is 4.99 Å². The molecule has 1 aliphatic rings. The second-order valence-electron chi connectivity index (χ2n) is 6.50. The Balaban J connectivity index is 1.56. The molecule has 3 aromatic carbocycles. The summed E-state index contributed by atoms with van der Waals surface area (Å²) in [5.74, 6) is -0.111. The van der Waals surface area contributed by atoms with Crippen molar-refractivity contribution in [2.45, 2.75) is 6.61 Å². The topological polar surface area (TPSA) is 57.1 Å². The summed E-state index contributed by atoms with van der Waals surface area (Å²) in [6.45, 7) is 0.403. The largest absolute Gasteiger partial charge is 0.493 e. The molecule has 4 rings (SSSR count). The summed E-state index contributed by atoms with van der Waals surface area (Å²) in [4.78, 5) is 16.3. The summed E-state index contributed by atoms with van der Waals surface area (Å²) in [5.41, 5.74) is 1.92. The lowest BCUT2D eigenvalue weighted by Gasteiger charge is -2.11. The van der Waals surface area contributed by atoms with Crippen LogP contribution in [0.5, 0.6) is 11.5 Å². The van der Waals surface area contributed by atoms with Crippen LogP contribution in [0.1, 0.15) is 16.7 Å². The van der Waals surface area contributed by atoms with E-state index in [1.165, 1.54) is 12.1 Å². The number of hydrogen-bond acceptors (Lipinski definition) is 5. The highest BCUT2D eigenvalue weighted by Crippen LogP contribution is 2.30. The molecule has 5 nitrogen and oxygen atoms in total. The standard InChI is InChI=1S/C24H18FNO4/c1-28-22-14-17(11-12-21(22)29-15-16-7-3-2-4-8-16)13-20-24(27)30-23(26-20)18-9-5-6-10-19(18)25/h2-14H,15H2,1H3/b20-13-. The van der Waals surface area contributed by atoms with Gasteiger partial charge in [-0.2, -0.15) is 0 Å². The Morgan fingerprint density at radius 1 is 1.00 bits per heavy atom. The van der Waals surface area contributed by atoms with Gasteiger partial charge in [0.1, 0.15) is 12.4 Å². The van der Waals surface area contributed by atoms with Crippen molar-refractivity contribution in [1.29, 1.82) is 0 Å². The summed E-state index contributed by atoms with van der Waals surface area (Å²) < 4.78 is 30.3. The second kappa shape index (κ2) is 8.61. The van der Waals surface area contributed by atoms with E-state index in [4.69, 9.17) is 14.2 Å². The van der Waals surface area contributed by atoms with Crippen LogP contribution in [0.3, 0.4) is 0 Å². The minimum Gasteiger partial charge on any atom is -0.493 e. The molecule has 0 spiro atoms. The quantitative estimate of drug-likeness (QED) is 0.440. The first-order valence-corrected chi connectivity index (χ1v) is 9.26. The number of cyclic esters (lactones) is 1. The van der Waals surface area contributed by atoms with Crippen LogP contribution in [0.25, 0.3) is 6.08 Å². The second-order valence-corrected chi connectivity index (χ2v) is 6.50. The Morgan fingerprint density at radius 2 is 1.77 bits per heavy atom. The van der Waals surface area contributed by atoms with Crippen LogP contribution < -0.4 is 9.47 Å². The maximum Gasteiger partial charge on any atom is 0.363 e. The van der Waals surface area contributed by atoms with E-state index in [1.54, 1.807) is 43.5 Å². The highest BCUT2D eigenvalue weighted by molar-refractivity contribution is 6.12. The predicted octanol–water partition coefficient (Wildman–Crippen LogP) is 4.76. The van der Waals surface area contributed by atoms with Crippen LogP contribution in [-0.2, 0) is 16.1 Å². The lowest BCUT2D eigenvalue weighted by Crippen LogP contribution is -2.07. The van der Waals surface area contributed by atoms with Gasteiger partial charge in [-0.15, -0.1) is 0 Å². The molecule has 1 aliphatic heterocycles. The van der Waals surface area contributed by atoms with Gasteiger partial charge in [0.2, 0.25) is 5.90 Å². The van der Waals surface area contributed by atoms with E-state index in [1.807, 2.05) is 30.3 Å². The molecule has 0 fully saturated rings. The lowest BCUT2D eigenvalue weighted by molar-refractivity contribution is -0.129. The SMILES string of the molecule is COc1cc(/C=C2\N=C(c3ccccc3F)OC2=O)ccc1OCc1ccccc1. The third-order valence-electron chi connectivity index (χ3n) is 4.45. The van der Waals surface area contributed by atoms with E-state index in [2.05, 4.69) is 4.99 Å². The van der Waals surface area contributed by atoms with E-state index in [0.29, 0.717) is 23.7 Å². The van der Waals surface area contributed by atoms with Crippen LogP contribution in [0, 0.1) is 5.82 Å². The number of carbonyl (C=O) groups excluding carboxylic acids is 1. The Labute approximate surface area is 173 Å². The van der Waals surface area contributed by atoms with E-state index in [-0.39, 0.29) is 17.2 Å². The average molecular weight is 403 g/mol. The summed E-state index contributed by atoms with van der Waals surface area (Å²) in [5, 5.41) is 0. The highest BCUT2D eigenvalue weighted by atomic mass is 19.1. The number of aliphatic imine (C=N–C) groups is 1. The number of benzene rings is 3. The van der Waals surface area contributed by atoms with Crippen molar-refractivity contribution >= 4 is 17.9 Å². The van der Waals surface area contributed by atoms with Gasteiger partial charge in [0.05, 0.1) is 12.7 Å². The maximum absolute atomic E-state index is 13.9. The molecule has 0 N–H and O–H groups in total. The average Bonchev–Trinajstić information content (AvgIpc) is 3.13. The number of esters is 1. The number of methoxy groups -OCH3 is 1. The molecule has 30 heavy (non-hydrogen) atoms. The Kier molecular flexibility index (Phi) is 5.57. The molecule has 0 saturated heterocycles. The van der Waals surface area contributed by atoms with Gasteiger partial charge in [-0.25, -0.2) is 14.2 Å².